The molecule has 4 atom stereocenters. The molecule has 9 fully saturated rings. The number of nitrogens with zero attached hydrogens (tertiary/aromatic N) is 2. The summed E-state index contributed by atoms with van der Waals surface area (Å²) in [6.45, 7) is 94.7. The lowest BCUT2D eigenvalue weighted by Crippen LogP contribution is -2.51. The fraction of sp³-hybridized carbons (Fsp3) is 1.00. The monoisotopic (exact) mass is 1420 g/mol. The highest BCUT2D eigenvalue weighted by atomic mass is 16.5. The van der Waals surface area contributed by atoms with E-state index in [9.17, 15) is 0 Å². The van der Waals surface area contributed by atoms with Crippen LogP contribution in [-0.4, -0.2) is 145 Å². The second-order valence-electron chi connectivity index (χ2n) is 28.9. The normalized spacial score (nSPS) is 21.5. The van der Waals surface area contributed by atoms with Crippen LogP contribution in [0.5, 0.6) is 0 Å². The fourth-order valence-electron chi connectivity index (χ4n) is 12.5. The van der Waals surface area contributed by atoms with Gasteiger partial charge < -0.3 is 47.3 Å². The maximum Gasteiger partial charge on any atom is 0.0598 e. The number of hydrogen-bond acceptors (Lipinski definition) is 11. The standard InChI is InChI=1S/2C9H18.2C8H17N.C8H16O.4C7H16N2.9C2H6/c2*1-8(2)9-6-4-3-5-7-9;1-7(2)8-4-3-5-9-6-8;2*1-7(2)8-5-3-4-6-9-8;1-7(2)9-5-3-8-4-6-9;1-6(2)7-3-4-8-5-9-7;1-7(2)9-5-3-4-8-6-9;1-6(2)7-8-4-3-5-9-7;9*1-2/h2*8-9H,3-7H2,1-2H3;2*7-9H,3-6H2,1-2H3;2*7-8H,3-6H2,1-2H3;6-9H,3-5H2,1-2H3;7-8H,3-6H2,1-2H3;6-9H,3-5H2,1-2H3;9*1-2H3. The Hall–Kier alpha value is -0.440. The lowest BCUT2D eigenvalue weighted by atomic mass is 9.82. The predicted octanol–water partition coefficient (Wildman–Crippen LogP) is 23.4. The second kappa shape index (κ2) is 93.6. The van der Waals surface area contributed by atoms with Crippen LogP contribution in [-0.2, 0) is 4.74 Å². The van der Waals surface area contributed by atoms with Gasteiger partial charge in [-0.3, -0.25) is 9.80 Å². The summed E-state index contributed by atoms with van der Waals surface area (Å²) in [5.74, 6) is 8.83. The largest absolute Gasteiger partial charge is 0.378 e. The highest BCUT2D eigenvalue weighted by Gasteiger charge is 2.21. The topological polar surface area (TPSA) is 112 Å². The Morgan fingerprint density at radius 2 is 0.687 bits per heavy atom. The first kappa shape index (κ1) is 117. The van der Waals surface area contributed by atoms with Crippen molar-refractivity contribution in [2.45, 2.75) is 421 Å². The number of hydrogen-bond donors (Lipinski definition) is 8. The predicted molar refractivity (Wildman–Crippen MR) is 462 cm³/mol. The van der Waals surface area contributed by atoms with Gasteiger partial charge in [0.1, 0.15) is 0 Å². The van der Waals surface area contributed by atoms with Gasteiger partial charge in [0.05, 0.1) is 12.3 Å². The van der Waals surface area contributed by atoms with Crippen LogP contribution >= 0.6 is 0 Å². The minimum absolute atomic E-state index is 0.554. The average Bonchev–Trinajstić information content (AvgIpc) is 3.85. The van der Waals surface area contributed by atoms with E-state index in [1.807, 2.05) is 125 Å². The molecule has 9 rings (SSSR count). The zero-order valence-corrected chi connectivity index (χ0v) is 76.0. The molecule has 2 saturated carbocycles. The molecule has 99 heavy (non-hydrogen) atoms. The van der Waals surface area contributed by atoms with Gasteiger partial charge in [0.25, 0.3) is 0 Å². The first-order valence-corrected chi connectivity index (χ1v) is 44.6. The van der Waals surface area contributed by atoms with Gasteiger partial charge in [0, 0.05) is 76.8 Å². The third-order valence-corrected chi connectivity index (χ3v) is 19.0. The summed E-state index contributed by atoms with van der Waals surface area (Å²) in [5, 5.41) is 27.1. The molecule has 0 aromatic carbocycles. The summed E-state index contributed by atoms with van der Waals surface area (Å²) in [7, 11) is 0. The highest BCUT2D eigenvalue weighted by Crippen LogP contribution is 2.30. The molecular weight excluding hydrogens is 1210 g/mol. The molecule has 4 unspecified atom stereocenters. The van der Waals surface area contributed by atoms with Crippen LogP contribution in [0.1, 0.15) is 384 Å². The molecule has 11 nitrogen and oxygen atoms in total. The zero-order chi connectivity index (χ0) is 78.2. The minimum atomic E-state index is 0.554. The van der Waals surface area contributed by atoms with Crippen molar-refractivity contribution in [3.05, 3.63) is 0 Å². The molecule has 0 aromatic rings. The first-order chi connectivity index (χ1) is 47.7. The van der Waals surface area contributed by atoms with E-state index < -0.39 is 0 Å². The smallest absolute Gasteiger partial charge is 0.0598 e. The molecular formula is C88H204N10O. The van der Waals surface area contributed by atoms with Gasteiger partial charge in [0.15, 0.2) is 0 Å². The molecule has 11 heteroatoms. The zero-order valence-electron chi connectivity index (χ0n) is 76.0. The van der Waals surface area contributed by atoms with E-state index in [2.05, 4.69) is 177 Å². The molecule has 8 N–H and O–H groups in total. The summed E-state index contributed by atoms with van der Waals surface area (Å²) >= 11 is 0. The molecule has 0 amide bonds. The van der Waals surface area contributed by atoms with E-state index in [-0.39, 0.29) is 0 Å². The van der Waals surface area contributed by atoms with E-state index in [1.54, 1.807) is 0 Å². The molecule has 0 radical (unpaired) electrons. The summed E-state index contributed by atoms with van der Waals surface area (Å²) in [5.41, 5.74) is 0. The lowest BCUT2D eigenvalue weighted by Gasteiger charge is -2.30. The minimum Gasteiger partial charge on any atom is -0.378 e. The van der Waals surface area contributed by atoms with Crippen LogP contribution in [0.3, 0.4) is 0 Å². The molecule has 0 aromatic heterocycles. The van der Waals surface area contributed by atoms with Crippen LogP contribution in [0.15, 0.2) is 0 Å². The highest BCUT2D eigenvalue weighted by molar-refractivity contribution is 4.77. The summed E-state index contributed by atoms with van der Waals surface area (Å²) in [6, 6.07) is 2.98. The number of piperazine rings is 1. The van der Waals surface area contributed by atoms with Crippen LogP contribution in [0, 0.1) is 59.2 Å². The number of ether oxygens (including phenoxy) is 1. The molecule has 2 aliphatic carbocycles. The van der Waals surface area contributed by atoms with Crippen molar-refractivity contribution in [3.8, 4) is 0 Å². The number of rotatable bonds is 9. The van der Waals surface area contributed by atoms with E-state index in [1.165, 1.54) is 200 Å². The lowest BCUT2D eigenvalue weighted by molar-refractivity contribution is -0.0115. The summed E-state index contributed by atoms with van der Waals surface area (Å²) in [4.78, 5) is 4.94. The third kappa shape index (κ3) is 77.0. The van der Waals surface area contributed by atoms with Gasteiger partial charge in [0.2, 0.25) is 0 Å². The Balaban J connectivity index is -0.000000128. The van der Waals surface area contributed by atoms with Crippen LogP contribution in [0.25, 0.3) is 0 Å². The first-order valence-electron chi connectivity index (χ1n) is 44.6. The molecule has 9 aliphatic rings. The van der Waals surface area contributed by atoms with E-state index in [0.29, 0.717) is 30.1 Å². The van der Waals surface area contributed by atoms with Gasteiger partial charge in [-0.25, -0.2) is 0 Å². The van der Waals surface area contributed by atoms with Gasteiger partial charge in [-0.15, -0.1) is 0 Å². The molecule has 0 bridgehead atoms. The van der Waals surface area contributed by atoms with Gasteiger partial charge in [-0.2, -0.15) is 0 Å². The van der Waals surface area contributed by atoms with Gasteiger partial charge >= 0.3 is 0 Å². The van der Waals surface area contributed by atoms with Crippen molar-refractivity contribution in [1.29, 1.82) is 0 Å². The number of piperidine rings is 2. The Kier molecular flexibility index (Phi) is 111. The SMILES string of the molecule is CC.CC.CC.CC.CC.CC.CC.CC.CC.CC(C)C1CCCCC1.CC(C)C1CCCCC1.CC(C)C1CCCCN1.CC(C)C1CCCCO1.CC(C)C1CCCNC1.CC(C)C1CCNCN1.CC(C)C1NCCCN1.CC(C)N1CCCNC1.CC(C)N1CCNCC1. The Labute approximate surface area is 632 Å². The van der Waals surface area contributed by atoms with Crippen molar-refractivity contribution >= 4 is 0 Å². The van der Waals surface area contributed by atoms with Gasteiger partial charge in [-0.05, 0) is 197 Å². The molecule has 7 aliphatic heterocycles. The van der Waals surface area contributed by atoms with Crippen molar-refractivity contribution in [2.75, 3.05) is 98.5 Å². The molecule has 7 saturated heterocycles. The molecule has 0 spiro atoms. The molecule has 7 heterocycles. The maximum absolute atomic E-state index is 5.54. The van der Waals surface area contributed by atoms with E-state index in [4.69, 9.17) is 4.74 Å². The average molecular weight is 1420 g/mol. The third-order valence-electron chi connectivity index (χ3n) is 19.0. The Morgan fingerprint density at radius 1 is 0.273 bits per heavy atom. The van der Waals surface area contributed by atoms with Gasteiger partial charge in [-0.1, -0.05) is 292 Å². The molecule has 612 valence electrons. The summed E-state index contributed by atoms with van der Waals surface area (Å²) in [6.07, 6.45) is 30.8. The van der Waals surface area contributed by atoms with Crippen LogP contribution < -0.4 is 42.5 Å². The maximum atomic E-state index is 5.54. The van der Waals surface area contributed by atoms with Crippen molar-refractivity contribution in [1.82, 2.24) is 52.3 Å². The second-order valence-corrected chi connectivity index (χ2v) is 28.9. The van der Waals surface area contributed by atoms with E-state index >= 15 is 0 Å². The van der Waals surface area contributed by atoms with E-state index in [0.717, 1.165) is 98.5 Å². The fourth-order valence-corrected chi connectivity index (χ4v) is 12.5. The number of nitrogens with one attached hydrogen (secondary N) is 8. The Morgan fingerprint density at radius 3 is 0.929 bits per heavy atom. The van der Waals surface area contributed by atoms with Crippen LogP contribution in [0.2, 0.25) is 0 Å². The van der Waals surface area contributed by atoms with Crippen molar-refractivity contribution in [2.24, 2.45) is 59.2 Å². The Bertz CT molecular complexity index is 981. The van der Waals surface area contributed by atoms with Crippen LogP contribution in [0.4, 0.5) is 0 Å². The van der Waals surface area contributed by atoms with Crippen molar-refractivity contribution in [3.63, 3.8) is 0 Å². The van der Waals surface area contributed by atoms with Crippen molar-refractivity contribution < 1.29 is 4.74 Å². The quantitative estimate of drug-likeness (QED) is 0.113. The summed E-state index contributed by atoms with van der Waals surface area (Å²) < 4.78 is 5.54.